The van der Waals surface area contributed by atoms with Gasteiger partial charge in [0.05, 0.1) is 18.8 Å². The van der Waals surface area contributed by atoms with Gasteiger partial charge in [0.1, 0.15) is 16.9 Å². The number of carboxylic acids is 1. The van der Waals surface area contributed by atoms with Gasteiger partial charge in [0.2, 0.25) is 0 Å². The Bertz CT molecular complexity index is 515. The number of aromatic nitrogens is 1. The standard InChI is InChI=1S/C11H10ClN3O3/c12-9-7(5-13)1-2-14-10(9)15-3-4-18-6-8(15)11(16)17/h1-2,8H,3-4,6H2,(H,16,17). The third-order valence-corrected chi connectivity index (χ3v) is 3.05. The fourth-order valence-electron chi connectivity index (χ4n) is 1.78. The molecule has 0 amide bonds. The number of hydrogen-bond donors (Lipinski definition) is 1. The summed E-state index contributed by atoms with van der Waals surface area (Å²) in [6.45, 7) is 0.848. The molecule has 0 saturated carbocycles. The number of ether oxygens (including phenoxy) is 1. The predicted octanol–water partition coefficient (Wildman–Crippen LogP) is 0.896. The second kappa shape index (κ2) is 5.21. The zero-order valence-electron chi connectivity index (χ0n) is 9.34. The Hall–Kier alpha value is -1.84. The number of rotatable bonds is 2. The van der Waals surface area contributed by atoms with E-state index in [2.05, 4.69) is 4.98 Å². The van der Waals surface area contributed by atoms with Crippen LogP contribution in [0.2, 0.25) is 5.02 Å². The Morgan fingerprint density at radius 3 is 3.17 bits per heavy atom. The molecule has 18 heavy (non-hydrogen) atoms. The van der Waals surface area contributed by atoms with E-state index >= 15 is 0 Å². The molecule has 7 heteroatoms. The lowest BCUT2D eigenvalue weighted by atomic mass is 10.2. The molecule has 0 aromatic carbocycles. The maximum atomic E-state index is 11.1. The van der Waals surface area contributed by atoms with E-state index in [4.69, 9.17) is 26.7 Å². The Morgan fingerprint density at radius 2 is 2.50 bits per heavy atom. The first-order valence-electron chi connectivity index (χ1n) is 5.27. The van der Waals surface area contributed by atoms with Crippen molar-refractivity contribution in [3.63, 3.8) is 0 Å². The van der Waals surface area contributed by atoms with Crippen LogP contribution in [0.25, 0.3) is 0 Å². The highest BCUT2D eigenvalue weighted by Gasteiger charge is 2.31. The van der Waals surface area contributed by atoms with Gasteiger partial charge in [-0.3, -0.25) is 0 Å². The van der Waals surface area contributed by atoms with Gasteiger partial charge in [0, 0.05) is 12.7 Å². The summed E-state index contributed by atoms with van der Waals surface area (Å²) in [5, 5.41) is 18.2. The third-order valence-electron chi connectivity index (χ3n) is 2.68. The summed E-state index contributed by atoms with van der Waals surface area (Å²) in [7, 11) is 0. The topological polar surface area (TPSA) is 86.5 Å². The minimum Gasteiger partial charge on any atom is -0.480 e. The molecule has 6 nitrogen and oxygen atoms in total. The van der Waals surface area contributed by atoms with Crippen LogP contribution >= 0.6 is 11.6 Å². The van der Waals surface area contributed by atoms with Gasteiger partial charge in [-0.05, 0) is 6.07 Å². The first kappa shape index (κ1) is 12.6. The normalized spacial score (nSPS) is 19.3. The fourth-order valence-corrected chi connectivity index (χ4v) is 2.04. The zero-order chi connectivity index (χ0) is 13.1. The Kier molecular flexibility index (Phi) is 3.65. The SMILES string of the molecule is N#Cc1ccnc(N2CCOCC2C(=O)O)c1Cl. The number of hydrogen-bond acceptors (Lipinski definition) is 5. The number of carbonyl (C=O) groups is 1. The largest absolute Gasteiger partial charge is 0.480 e. The molecule has 94 valence electrons. The van der Waals surface area contributed by atoms with Crippen molar-refractivity contribution >= 4 is 23.4 Å². The van der Waals surface area contributed by atoms with E-state index in [0.29, 0.717) is 19.0 Å². The molecule has 2 rings (SSSR count). The van der Waals surface area contributed by atoms with E-state index in [-0.39, 0.29) is 17.2 Å². The fraction of sp³-hybridized carbons (Fsp3) is 0.364. The molecular weight excluding hydrogens is 258 g/mol. The molecule has 1 aromatic heterocycles. The second-order valence-electron chi connectivity index (χ2n) is 3.73. The van der Waals surface area contributed by atoms with Crippen LogP contribution in [0.5, 0.6) is 0 Å². The van der Waals surface area contributed by atoms with Gasteiger partial charge in [-0.2, -0.15) is 5.26 Å². The lowest BCUT2D eigenvalue weighted by Crippen LogP contribution is -2.50. The lowest BCUT2D eigenvalue weighted by molar-refractivity contribution is -0.141. The maximum Gasteiger partial charge on any atom is 0.328 e. The van der Waals surface area contributed by atoms with Crippen LogP contribution in [0.15, 0.2) is 12.3 Å². The molecule has 1 saturated heterocycles. The molecule has 0 radical (unpaired) electrons. The number of nitriles is 1. The number of anilines is 1. The Labute approximate surface area is 108 Å². The summed E-state index contributed by atoms with van der Waals surface area (Å²) >= 11 is 6.05. The average molecular weight is 268 g/mol. The van der Waals surface area contributed by atoms with Crippen molar-refractivity contribution in [3.8, 4) is 6.07 Å². The molecule has 1 aliphatic heterocycles. The molecule has 1 N–H and O–H groups in total. The van der Waals surface area contributed by atoms with Crippen molar-refractivity contribution in [2.75, 3.05) is 24.7 Å². The van der Waals surface area contributed by atoms with E-state index in [1.165, 1.54) is 12.3 Å². The Balaban J connectivity index is 2.40. The maximum absolute atomic E-state index is 11.1. The van der Waals surface area contributed by atoms with Crippen molar-refractivity contribution in [1.29, 1.82) is 5.26 Å². The van der Waals surface area contributed by atoms with Crippen LogP contribution in [0.3, 0.4) is 0 Å². The van der Waals surface area contributed by atoms with Gasteiger partial charge < -0.3 is 14.7 Å². The van der Waals surface area contributed by atoms with Crippen molar-refractivity contribution in [1.82, 2.24) is 4.98 Å². The summed E-state index contributed by atoms with van der Waals surface area (Å²) in [4.78, 5) is 16.8. The van der Waals surface area contributed by atoms with Crippen molar-refractivity contribution in [2.45, 2.75) is 6.04 Å². The minimum absolute atomic E-state index is 0.0735. The molecule has 1 aliphatic rings. The van der Waals surface area contributed by atoms with E-state index in [9.17, 15) is 4.79 Å². The Morgan fingerprint density at radius 1 is 1.72 bits per heavy atom. The highest BCUT2D eigenvalue weighted by Crippen LogP contribution is 2.28. The summed E-state index contributed by atoms with van der Waals surface area (Å²) in [6.07, 6.45) is 1.44. The first-order valence-corrected chi connectivity index (χ1v) is 5.64. The minimum atomic E-state index is -1.00. The molecule has 1 fully saturated rings. The van der Waals surface area contributed by atoms with E-state index in [1.54, 1.807) is 4.90 Å². The molecule has 0 bridgehead atoms. The molecular formula is C11H10ClN3O3. The van der Waals surface area contributed by atoms with Crippen LogP contribution in [0, 0.1) is 11.3 Å². The molecule has 0 spiro atoms. The van der Waals surface area contributed by atoms with Crippen molar-refractivity contribution in [3.05, 3.63) is 22.8 Å². The van der Waals surface area contributed by atoms with Crippen LogP contribution in [0.1, 0.15) is 5.56 Å². The summed E-state index contributed by atoms with van der Waals surface area (Å²) in [5.41, 5.74) is 0.275. The molecule has 2 heterocycles. The van der Waals surface area contributed by atoms with Crippen LogP contribution in [-0.4, -0.2) is 41.9 Å². The first-order chi connectivity index (χ1) is 8.65. The highest BCUT2D eigenvalue weighted by molar-refractivity contribution is 6.34. The van der Waals surface area contributed by atoms with Crippen LogP contribution in [-0.2, 0) is 9.53 Å². The number of aliphatic carboxylic acids is 1. The number of morpholine rings is 1. The summed E-state index contributed by atoms with van der Waals surface area (Å²) in [6, 6.07) is 2.59. The molecule has 0 aliphatic carbocycles. The summed E-state index contributed by atoms with van der Waals surface area (Å²) < 4.78 is 5.13. The number of carboxylic acid groups (broad SMARTS) is 1. The van der Waals surface area contributed by atoms with Gasteiger partial charge in [-0.15, -0.1) is 0 Å². The average Bonchev–Trinajstić information content (AvgIpc) is 2.39. The third kappa shape index (κ3) is 2.23. The molecule has 1 aromatic rings. The van der Waals surface area contributed by atoms with Gasteiger partial charge in [-0.1, -0.05) is 11.6 Å². The van der Waals surface area contributed by atoms with Crippen LogP contribution in [0.4, 0.5) is 5.82 Å². The number of pyridine rings is 1. The van der Waals surface area contributed by atoms with E-state index in [1.807, 2.05) is 6.07 Å². The smallest absolute Gasteiger partial charge is 0.328 e. The quantitative estimate of drug-likeness (QED) is 0.857. The van der Waals surface area contributed by atoms with Gasteiger partial charge >= 0.3 is 5.97 Å². The molecule has 1 atom stereocenters. The lowest BCUT2D eigenvalue weighted by Gasteiger charge is -2.34. The monoisotopic (exact) mass is 267 g/mol. The van der Waals surface area contributed by atoms with Crippen molar-refractivity contribution in [2.24, 2.45) is 0 Å². The van der Waals surface area contributed by atoms with Gasteiger partial charge in [-0.25, -0.2) is 9.78 Å². The van der Waals surface area contributed by atoms with Gasteiger partial charge in [0.25, 0.3) is 0 Å². The van der Waals surface area contributed by atoms with Crippen molar-refractivity contribution < 1.29 is 14.6 Å². The van der Waals surface area contributed by atoms with E-state index in [0.717, 1.165) is 0 Å². The highest BCUT2D eigenvalue weighted by atomic mass is 35.5. The van der Waals surface area contributed by atoms with Gasteiger partial charge in [0.15, 0.2) is 6.04 Å². The predicted molar refractivity (Wildman–Crippen MR) is 63.6 cm³/mol. The second-order valence-corrected chi connectivity index (χ2v) is 4.11. The molecule has 1 unspecified atom stereocenters. The van der Waals surface area contributed by atoms with Crippen LogP contribution < -0.4 is 4.90 Å². The zero-order valence-corrected chi connectivity index (χ0v) is 10.1. The number of halogens is 1. The summed E-state index contributed by atoms with van der Waals surface area (Å²) in [5.74, 6) is -0.693. The van der Waals surface area contributed by atoms with E-state index < -0.39 is 12.0 Å². The number of nitrogens with zero attached hydrogens (tertiary/aromatic N) is 3.